The van der Waals surface area contributed by atoms with Crippen molar-refractivity contribution in [2.45, 2.75) is 20.4 Å². The van der Waals surface area contributed by atoms with Gasteiger partial charge in [0, 0.05) is 21.8 Å². The predicted molar refractivity (Wildman–Crippen MR) is 131 cm³/mol. The van der Waals surface area contributed by atoms with Gasteiger partial charge in [0.15, 0.2) is 0 Å². The lowest BCUT2D eigenvalue weighted by atomic mass is 10.1. The molecule has 0 bridgehead atoms. The molecule has 0 aliphatic rings. The van der Waals surface area contributed by atoms with Gasteiger partial charge in [0.25, 0.3) is 0 Å². The summed E-state index contributed by atoms with van der Waals surface area (Å²) < 4.78 is 7.22. The van der Waals surface area contributed by atoms with Crippen molar-refractivity contribution in [2.24, 2.45) is 0 Å². The average Bonchev–Trinajstić information content (AvgIpc) is 3.41. The Morgan fingerprint density at radius 1 is 0.903 bits per heavy atom. The fourth-order valence-corrected chi connectivity index (χ4v) is 4.70. The van der Waals surface area contributed by atoms with Gasteiger partial charge in [-0.3, -0.25) is 0 Å². The van der Waals surface area contributed by atoms with Gasteiger partial charge in [-0.2, -0.15) is 0 Å². The fraction of sp³-hybridized carbons (Fsp3) is 0.115. The minimum Gasteiger partial charge on any atom is -0.459 e. The summed E-state index contributed by atoms with van der Waals surface area (Å²) in [5.41, 5.74) is 6.52. The number of thiazole rings is 1. The molecule has 3 nitrogen and oxygen atoms in total. The summed E-state index contributed by atoms with van der Waals surface area (Å²) in [4.78, 5) is 4.76. The van der Waals surface area contributed by atoms with Crippen molar-refractivity contribution in [2.75, 3.05) is 5.32 Å². The highest BCUT2D eigenvalue weighted by Gasteiger charge is 2.08. The Balaban J connectivity index is 1.27. The lowest BCUT2D eigenvalue weighted by Gasteiger charge is -2.05. The summed E-state index contributed by atoms with van der Waals surface area (Å²) in [6.45, 7) is 4.71. The Kier molecular flexibility index (Phi) is 5.26. The number of anilines is 1. The van der Waals surface area contributed by atoms with Crippen LogP contribution in [0.25, 0.3) is 32.1 Å². The van der Waals surface area contributed by atoms with Gasteiger partial charge in [0.05, 0.1) is 16.8 Å². The van der Waals surface area contributed by atoms with Gasteiger partial charge < -0.3 is 9.73 Å². The van der Waals surface area contributed by atoms with E-state index >= 15 is 0 Å². The van der Waals surface area contributed by atoms with E-state index in [1.807, 2.05) is 37.3 Å². The molecule has 5 rings (SSSR count). The molecule has 0 spiro atoms. The van der Waals surface area contributed by atoms with Gasteiger partial charge in [-0.1, -0.05) is 29.8 Å². The lowest BCUT2D eigenvalue weighted by Crippen LogP contribution is -1.97. The molecule has 0 radical (unpaired) electrons. The largest absolute Gasteiger partial charge is 0.459 e. The minimum atomic E-state index is 0.610. The molecule has 31 heavy (non-hydrogen) atoms. The van der Waals surface area contributed by atoms with Gasteiger partial charge in [0.2, 0.25) is 0 Å². The van der Waals surface area contributed by atoms with Crippen molar-refractivity contribution >= 4 is 38.8 Å². The molecular formula is C26H21ClN2OS. The zero-order valence-electron chi connectivity index (χ0n) is 17.3. The van der Waals surface area contributed by atoms with Crippen LogP contribution in [0.3, 0.4) is 0 Å². The number of aromatic nitrogens is 1. The number of halogens is 1. The first-order chi connectivity index (χ1) is 15.0. The third-order valence-electron chi connectivity index (χ3n) is 5.26. The smallest absolute Gasteiger partial charge is 0.134 e. The van der Waals surface area contributed by atoms with E-state index in [4.69, 9.17) is 21.0 Å². The van der Waals surface area contributed by atoms with Crippen LogP contribution in [0.1, 0.15) is 16.9 Å². The van der Waals surface area contributed by atoms with Crippen LogP contribution in [0, 0.1) is 13.8 Å². The maximum absolute atomic E-state index is 6.24. The highest BCUT2D eigenvalue weighted by atomic mass is 35.5. The summed E-state index contributed by atoms with van der Waals surface area (Å²) in [5.74, 6) is 1.69. The van der Waals surface area contributed by atoms with Crippen LogP contribution in [0.2, 0.25) is 5.02 Å². The first kappa shape index (κ1) is 19.9. The maximum Gasteiger partial charge on any atom is 0.134 e. The normalized spacial score (nSPS) is 11.2. The second-order valence-electron chi connectivity index (χ2n) is 7.65. The van der Waals surface area contributed by atoms with Crippen molar-refractivity contribution < 1.29 is 4.42 Å². The van der Waals surface area contributed by atoms with E-state index in [0.29, 0.717) is 6.54 Å². The third-order valence-corrected chi connectivity index (χ3v) is 6.73. The zero-order valence-corrected chi connectivity index (χ0v) is 18.8. The highest BCUT2D eigenvalue weighted by molar-refractivity contribution is 7.21. The third kappa shape index (κ3) is 4.22. The first-order valence-electron chi connectivity index (χ1n) is 10.1. The van der Waals surface area contributed by atoms with E-state index in [1.165, 1.54) is 10.3 Å². The van der Waals surface area contributed by atoms with Gasteiger partial charge in [-0.25, -0.2) is 4.98 Å². The Morgan fingerprint density at radius 2 is 1.71 bits per heavy atom. The molecule has 0 aliphatic carbocycles. The van der Waals surface area contributed by atoms with Crippen LogP contribution in [0.15, 0.2) is 77.2 Å². The number of benzene rings is 3. The quantitative estimate of drug-likeness (QED) is 0.297. The Morgan fingerprint density at radius 3 is 2.52 bits per heavy atom. The maximum atomic E-state index is 6.24. The van der Waals surface area contributed by atoms with Crippen molar-refractivity contribution in [3.63, 3.8) is 0 Å². The van der Waals surface area contributed by atoms with Crippen molar-refractivity contribution in [1.29, 1.82) is 0 Å². The summed E-state index contributed by atoms with van der Waals surface area (Å²) in [6.07, 6.45) is 0. The Hall–Kier alpha value is -3.08. The molecule has 0 saturated carbocycles. The van der Waals surface area contributed by atoms with Crippen LogP contribution in [-0.2, 0) is 6.54 Å². The second kappa shape index (κ2) is 8.22. The number of rotatable bonds is 5. The molecular weight excluding hydrogens is 424 g/mol. The average molecular weight is 445 g/mol. The molecule has 0 atom stereocenters. The first-order valence-corrected chi connectivity index (χ1v) is 11.3. The number of hydrogen-bond donors (Lipinski definition) is 1. The van der Waals surface area contributed by atoms with Crippen molar-refractivity contribution in [3.8, 4) is 21.9 Å². The molecule has 5 heteroatoms. The zero-order chi connectivity index (χ0) is 21.4. The molecule has 154 valence electrons. The van der Waals surface area contributed by atoms with E-state index in [9.17, 15) is 0 Å². The number of aryl methyl sites for hydroxylation is 2. The lowest BCUT2D eigenvalue weighted by molar-refractivity contribution is 0.531. The number of nitrogens with zero attached hydrogens (tertiary/aromatic N) is 1. The monoisotopic (exact) mass is 444 g/mol. The molecule has 0 amide bonds. The molecule has 0 unspecified atom stereocenters. The second-order valence-corrected chi connectivity index (χ2v) is 9.09. The standard InChI is InChI=1S/C26H21ClN2OS/c1-16-3-11-23-25(13-16)31-26(29-23)18-6-8-20(9-7-18)28-15-21-10-12-24(30-21)19-5-4-17(2)22(27)14-19/h3-14,28H,15H2,1-2H3. The molecule has 0 aliphatic heterocycles. The summed E-state index contributed by atoms with van der Waals surface area (Å²) >= 11 is 7.97. The number of fused-ring (bicyclic) bond motifs is 1. The van der Waals surface area contributed by atoms with Crippen LogP contribution >= 0.6 is 22.9 Å². The van der Waals surface area contributed by atoms with Crippen molar-refractivity contribution in [1.82, 2.24) is 4.98 Å². The van der Waals surface area contributed by atoms with E-state index in [0.717, 1.165) is 49.4 Å². The van der Waals surface area contributed by atoms with Gasteiger partial charge in [0.1, 0.15) is 16.5 Å². The van der Waals surface area contributed by atoms with E-state index < -0.39 is 0 Å². The van der Waals surface area contributed by atoms with E-state index in [1.54, 1.807) is 11.3 Å². The molecule has 0 fully saturated rings. The molecule has 2 heterocycles. The fourth-order valence-electron chi connectivity index (χ4n) is 3.45. The molecule has 2 aromatic heterocycles. The predicted octanol–water partition coefficient (Wildman–Crippen LogP) is 8.11. The molecule has 1 N–H and O–H groups in total. The molecule has 0 saturated heterocycles. The summed E-state index contributed by atoms with van der Waals surface area (Å²) in [7, 11) is 0. The van der Waals surface area contributed by atoms with E-state index in [-0.39, 0.29) is 0 Å². The number of furan rings is 1. The minimum absolute atomic E-state index is 0.610. The molecule has 5 aromatic rings. The van der Waals surface area contributed by atoms with E-state index in [2.05, 4.69) is 54.7 Å². The van der Waals surface area contributed by atoms with Gasteiger partial charge in [-0.15, -0.1) is 11.3 Å². The Bertz CT molecular complexity index is 1370. The SMILES string of the molecule is Cc1ccc2nc(-c3ccc(NCc4ccc(-c5ccc(C)c(Cl)c5)o4)cc3)sc2c1. The highest BCUT2D eigenvalue weighted by Crippen LogP contribution is 2.31. The van der Waals surface area contributed by atoms with Gasteiger partial charge in [-0.05, 0) is 79.6 Å². The Labute approximate surface area is 190 Å². The number of nitrogens with one attached hydrogen (secondary N) is 1. The van der Waals surface area contributed by atoms with Crippen LogP contribution in [-0.4, -0.2) is 4.98 Å². The van der Waals surface area contributed by atoms with Crippen LogP contribution < -0.4 is 5.32 Å². The van der Waals surface area contributed by atoms with Gasteiger partial charge >= 0.3 is 0 Å². The van der Waals surface area contributed by atoms with Crippen LogP contribution in [0.5, 0.6) is 0 Å². The topological polar surface area (TPSA) is 38.1 Å². The summed E-state index contributed by atoms with van der Waals surface area (Å²) in [5, 5.41) is 5.21. The summed E-state index contributed by atoms with van der Waals surface area (Å²) in [6, 6.07) is 24.7. The molecule has 3 aromatic carbocycles. The number of hydrogen-bond acceptors (Lipinski definition) is 4. The van der Waals surface area contributed by atoms with Crippen LogP contribution in [0.4, 0.5) is 5.69 Å². The van der Waals surface area contributed by atoms with Crippen molar-refractivity contribution in [3.05, 3.63) is 94.7 Å².